The fourth-order valence-corrected chi connectivity index (χ4v) is 0.925. The number of benzene rings is 1. The van der Waals surface area contributed by atoms with Crippen LogP contribution in [-0.4, -0.2) is 4.92 Å². The lowest BCUT2D eigenvalue weighted by Crippen LogP contribution is -1.86. The van der Waals surface area contributed by atoms with Crippen molar-refractivity contribution in [2.75, 3.05) is 0 Å². The number of hydrogen-bond acceptors (Lipinski definition) is 2. The maximum absolute atomic E-state index is 10.2. The standard InChI is InChI=1S/C8H6ClNO2/c9-6-5-7-1-3-8(4-2-7)10(11)12/h1-6H. The molecule has 1 rings (SSSR count). The number of non-ortho nitro benzene ring substituents is 1. The van der Waals surface area contributed by atoms with Crippen LogP contribution in [0, 0.1) is 10.1 Å². The molecule has 12 heavy (non-hydrogen) atoms. The van der Waals surface area contributed by atoms with Crippen LogP contribution in [0.3, 0.4) is 0 Å². The first-order chi connectivity index (χ1) is 5.74. The van der Waals surface area contributed by atoms with E-state index in [0.29, 0.717) is 0 Å². The Labute approximate surface area is 74.4 Å². The highest BCUT2D eigenvalue weighted by atomic mass is 35.5. The van der Waals surface area contributed by atoms with Crippen molar-refractivity contribution in [3.05, 3.63) is 45.5 Å². The normalized spacial score (nSPS) is 10.4. The molecule has 0 heterocycles. The molecule has 0 fully saturated rings. The van der Waals surface area contributed by atoms with Gasteiger partial charge in [0.1, 0.15) is 0 Å². The predicted molar refractivity (Wildman–Crippen MR) is 48.0 cm³/mol. The van der Waals surface area contributed by atoms with Crippen molar-refractivity contribution >= 4 is 23.4 Å². The van der Waals surface area contributed by atoms with Gasteiger partial charge < -0.3 is 0 Å². The van der Waals surface area contributed by atoms with Gasteiger partial charge in [0.15, 0.2) is 0 Å². The molecule has 62 valence electrons. The summed E-state index contributed by atoms with van der Waals surface area (Å²) >= 11 is 5.32. The van der Waals surface area contributed by atoms with Crippen LogP contribution in [-0.2, 0) is 0 Å². The summed E-state index contributed by atoms with van der Waals surface area (Å²) in [6, 6.07) is 6.15. The van der Waals surface area contributed by atoms with Gasteiger partial charge >= 0.3 is 0 Å². The minimum atomic E-state index is -0.436. The number of rotatable bonds is 2. The molecule has 0 aliphatic rings. The lowest BCUT2D eigenvalue weighted by Gasteiger charge is -1.91. The van der Waals surface area contributed by atoms with Gasteiger partial charge in [-0.15, -0.1) is 0 Å². The quantitative estimate of drug-likeness (QED) is 0.523. The van der Waals surface area contributed by atoms with E-state index in [1.165, 1.54) is 17.7 Å². The van der Waals surface area contributed by atoms with E-state index in [0.717, 1.165) is 5.56 Å². The van der Waals surface area contributed by atoms with Crippen LogP contribution in [0.1, 0.15) is 5.56 Å². The average Bonchev–Trinajstić information content (AvgIpc) is 2.06. The van der Waals surface area contributed by atoms with Crippen LogP contribution < -0.4 is 0 Å². The summed E-state index contributed by atoms with van der Waals surface area (Å²) in [6.07, 6.45) is 1.66. The molecular weight excluding hydrogens is 178 g/mol. The van der Waals surface area contributed by atoms with E-state index < -0.39 is 4.92 Å². The Kier molecular flexibility index (Phi) is 2.82. The first-order valence-electron chi connectivity index (χ1n) is 3.25. The fraction of sp³-hybridized carbons (Fsp3) is 0. The van der Waals surface area contributed by atoms with Crippen LogP contribution in [0.2, 0.25) is 0 Å². The number of hydrogen-bond donors (Lipinski definition) is 0. The molecule has 1 aromatic rings. The summed E-state index contributed by atoms with van der Waals surface area (Å²) in [5, 5.41) is 10.2. The van der Waals surface area contributed by atoms with Crippen molar-refractivity contribution in [3.63, 3.8) is 0 Å². The summed E-state index contributed by atoms with van der Waals surface area (Å²) in [5.41, 5.74) is 2.29. The molecule has 0 radical (unpaired) electrons. The summed E-state index contributed by atoms with van der Waals surface area (Å²) in [5.74, 6) is 0. The molecule has 3 nitrogen and oxygen atoms in total. The number of halogens is 1. The van der Waals surface area contributed by atoms with Gasteiger partial charge in [0.2, 0.25) is 0 Å². The topological polar surface area (TPSA) is 43.1 Å². The fourth-order valence-electron chi connectivity index (χ4n) is 0.780. The van der Waals surface area contributed by atoms with E-state index in [9.17, 15) is 10.1 Å². The number of nitrogens with zero attached hydrogens (tertiary/aromatic N) is 1. The third-order valence-corrected chi connectivity index (χ3v) is 1.49. The lowest BCUT2D eigenvalue weighted by molar-refractivity contribution is -0.384. The minimum absolute atomic E-state index is 0.0849. The van der Waals surface area contributed by atoms with Gasteiger partial charge in [0.25, 0.3) is 5.69 Å². The van der Waals surface area contributed by atoms with Crippen LogP contribution >= 0.6 is 11.6 Å². The zero-order chi connectivity index (χ0) is 8.97. The Morgan fingerprint density at radius 3 is 2.33 bits per heavy atom. The second-order valence-corrected chi connectivity index (χ2v) is 2.39. The Morgan fingerprint density at radius 1 is 1.33 bits per heavy atom. The highest BCUT2D eigenvalue weighted by Crippen LogP contribution is 2.12. The zero-order valence-corrected chi connectivity index (χ0v) is 6.86. The third kappa shape index (κ3) is 2.07. The largest absolute Gasteiger partial charge is 0.269 e. The predicted octanol–water partition coefficient (Wildman–Crippen LogP) is 2.80. The van der Waals surface area contributed by atoms with Gasteiger partial charge in [-0.1, -0.05) is 11.6 Å². The summed E-state index contributed by atoms with van der Waals surface area (Å²) in [6.45, 7) is 0. The molecule has 0 saturated heterocycles. The molecule has 0 N–H and O–H groups in total. The molecule has 4 heteroatoms. The Balaban J connectivity index is 2.93. The molecular formula is C8H6ClNO2. The van der Waals surface area contributed by atoms with Crippen molar-refractivity contribution in [1.29, 1.82) is 0 Å². The zero-order valence-electron chi connectivity index (χ0n) is 6.11. The van der Waals surface area contributed by atoms with Crippen LogP contribution in [0.4, 0.5) is 5.69 Å². The maximum atomic E-state index is 10.2. The number of nitro groups is 1. The van der Waals surface area contributed by atoms with Crippen molar-refractivity contribution in [2.45, 2.75) is 0 Å². The van der Waals surface area contributed by atoms with Crippen molar-refractivity contribution in [2.24, 2.45) is 0 Å². The molecule has 0 saturated carbocycles. The van der Waals surface area contributed by atoms with E-state index in [1.807, 2.05) is 0 Å². The van der Waals surface area contributed by atoms with E-state index in [-0.39, 0.29) is 5.69 Å². The smallest absolute Gasteiger partial charge is 0.258 e. The van der Waals surface area contributed by atoms with Gasteiger partial charge in [0, 0.05) is 17.7 Å². The van der Waals surface area contributed by atoms with Crippen LogP contribution in [0.15, 0.2) is 29.8 Å². The SMILES string of the molecule is O=[N+]([O-])c1ccc(C=CCl)cc1. The average molecular weight is 184 g/mol. The van der Waals surface area contributed by atoms with Gasteiger partial charge in [0.05, 0.1) is 4.92 Å². The van der Waals surface area contributed by atoms with E-state index >= 15 is 0 Å². The molecule has 0 bridgehead atoms. The Hall–Kier alpha value is -1.35. The molecule has 0 spiro atoms. The second-order valence-electron chi connectivity index (χ2n) is 2.14. The highest BCUT2D eigenvalue weighted by Gasteiger charge is 2.01. The molecule has 0 unspecified atom stereocenters. The molecule has 0 amide bonds. The maximum Gasteiger partial charge on any atom is 0.269 e. The summed E-state index contributed by atoms with van der Waals surface area (Å²) in [4.78, 5) is 9.80. The van der Waals surface area contributed by atoms with Gasteiger partial charge in [-0.25, -0.2) is 0 Å². The summed E-state index contributed by atoms with van der Waals surface area (Å²) in [7, 11) is 0. The lowest BCUT2D eigenvalue weighted by atomic mass is 10.2. The second kappa shape index (κ2) is 3.88. The van der Waals surface area contributed by atoms with E-state index in [1.54, 1.807) is 18.2 Å². The van der Waals surface area contributed by atoms with Gasteiger partial charge in [-0.3, -0.25) is 10.1 Å². The highest BCUT2D eigenvalue weighted by molar-refractivity contribution is 6.27. The van der Waals surface area contributed by atoms with Gasteiger partial charge in [-0.2, -0.15) is 0 Å². The molecule has 0 aliphatic heterocycles. The molecule has 0 aliphatic carbocycles. The van der Waals surface area contributed by atoms with Crippen molar-refractivity contribution in [3.8, 4) is 0 Å². The Morgan fingerprint density at radius 2 is 1.92 bits per heavy atom. The van der Waals surface area contributed by atoms with Crippen LogP contribution in [0.5, 0.6) is 0 Å². The first-order valence-corrected chi connectivity index (χ1v) is 3.69. The molecule has 0 aromatic heterocycles. The monoisotopic (exact) mass is 183 g/mol. The van der Waals surface area contributed by atoms with E-state index in [4.69, 9.17) is 11.6 Å². The minimum Gasteiger partial charge on any atom is -0.258 e. The molecule has 0 atom stereocenters. The third-order valence-electron chi connectivity index (χ3n) is 1.36. The Bertz CT molecular complexity index is 305. The first kappa shape index (κ1) is 8.74. The van der Waals surface area contributed by atoms with Crippen molar-refractivity contribution in [1.82, 2.24) is 0 Å². The van der Waals surface area contributed by atoms with Crippen molar-refractivity contribution < 1.29 is 4.92 Å². The van der Waals surface area contributed by atoms with Crippen LogP contribution in [0.25, 0.3) is 6.08 Å². The summed E-state index contributed by atoms with van der Waals surface area (Å²) < 4.78 is 0. The molecule has 1 aromatic carbocycles. The number of nitro benzene ring substituents is 1. The van der Waals surface area contributed by atoms with Gasteiger partial charge in [-0.05, 0) is 23.8 Å². The van der Waals surface area contributed by atoms with E-state index in [2.05, 4.69) is 0 Å².